The molecule has 106 valence electrons. The molecule has 0 saturated carbocycles. The summed E-state index contributed by atoms with van der Waals surface area (Å²) in [5, 5.41) is 0. The third-order valence-electron chi connectivity index (χ3n) is 3.52. The van der Waals surface area contributed by atoms with E-state index in [0.29, 0.717) is 12.0 Å². The number of nitrogens with two attached hydrogens (primary N) is 1. The Kier molecular flexibility index (Phi) is 5.88. The predicted octanol–water partition coefficient (Wildman–Crippen LogP) is 1.35. The van der Waals surface area contributed by atoms with Crippen molar-refractivity contribution in [3.05, 3.63) is 0 Å². The number of ether oxygens (including phenoxy) is 1. The first kappa shape index (κ1) is 15.2. The quantitative estimate of drug-likeness (QED) is 0.346. The fourth-order valence-electron chi connectivity index (χ4n) is 2.33. The summed E-state index contributed by atoms with van der Waals surface area (Å²) in [7, 11) is 1.69. The van der Waals surface area contributed by atoms with Gasteiger partial charge in [0.2, 0.25) is 5.96 Å². The number of methoxy groups -OCH3 is 1. The highest BCUT2D eigenvalue weighted by molar-refractivity contribution is 5.79. The summed E-state index contributed by atoms with van der Waals surface area (Å²) in [6.45, 7) is 9.34. The molecule has 1 unspecified atom stereocenters. The van der Waals surface area contributed by atoms with Crippen molar-refractivity contribution in [3.63, 3.8) is 0 Å². The van der Waals surface area contributed by atoms with Crippen molar-refractivity contribution in [2.45, 2.75) is 46.1 Å². The summed E-state index contributed by atoms with van der Waals surface area (Å²) in [6.07, 6.45) is 3.62. The van der Waals surface area contributed by atoms with Gasteiger partial charge in [-0.3, -0.25) is 5.43 Å². The Labute approximate surface area is 111 Å². The van der Waals surface area contributed by atoms with Gasteiger partial charge in [0.1, 0.15) is 0 Å². The lowest BCUT2D eigenvalue weighted by Crippen LogP contribution is -2.46. The Morgan fingerprint density at radius 1 is 1.44 bits per heavy atom. The lowest BCUT2D eigenvalue weighted by atomic mass is 9.85. The van der Waals surface area contributed by atoms with Crippen LogP contribution in [0, 0.1) is 5.41 Å². The number of hydrogen-bond donors (Lipinski definition) is 2. The van der Waals surface area contributed by atoms with E-state index in [1.54, 1.807) is 7.11 Å². The SMILES string of the molecule is COCC(C)N=C(NN)N1CCCC(C)(C)CC1. The van der Waals surface area contributed by atoms with E-state index in [9.17, 15) is 0 Å². The first-order valence-corrected chi connectivity index (χ1v) is 6.77. The average Bonchev–Trinajstić information content (AvgIpc) is 2.48. The highest BCUT2D eigenvalue weighted by atomic mass is 16.5. The lowest BCUT2D eigenvalue weighted by molar-refractivity contribution is 0.185. The molecule has 1 fully saturated rings. The molecule has 0 aromatic carbocycles. The number of nitrogens with zero attached hydrogens (tertiary/aromatic N) is 2. The van der Waals surface area contributed by atoms with Gasteiger partial charge < -0.3 is 9.64 Å². The minimum Gasteiger partial charge on any atom is -0.382 e. The summed E-state index contributed by atoms with van der Waals surface area (Å²) in [5.41, 5.74) is 3.16. The highest BCUT2D eigenvalue weighted by Crippen LogP contribution is 2.29. The zero-order chi connectivity index (χ0) is 13.6. The Bertz CT molecular complexity index is 278. The Morgan fingerprint density at radius 3 is 2.78 bits per heavy atom. The van der Waals surface area contributed by atoms with Crippen LogP contribution in [-0.2, 0) is 4.74 Å². The normalized spacial score (nSPS) is 22.5. The molecular weight excluding hydrogens is 228 g/mol. The van der Waals surface area contributed by atoms with Crippen LogP contribution in [-0.4, -0.2) is 43.7 Å². The summed E-state index contributed by atoms with van der Waals surface area (Å²) >= 11 is 0. The molecule has 0 bridgehead atoms. The first-order chi connectivity index (χ1) is 8.48. The maximum absolute atomic E-state index is 5.60. The number of hydrazine groups is 1. The van der Waals surface area contributed by atoms with Crippen molar-refractivity contribution < 1.29 is 4.74 Å². The van der Waals surface area contributed by atoms with Gasteiger partial charge in [0.25, 0.3) is 0 Å². The summed E-state index contributed by atoms with van der Waals surface area (Å²) in [5.74, 6) is 6.39. The zero-order valence-corrected chi connectivity index (χ0v) is 12.2. The number of aliphatic imine (C=N–C) groups is 1. The van der Waals surface area contributed by atoms with Crippen molar-refractivity contribution in [2.24, 2.45) is 16.3 Å². The molecule has 3 N–H and O–H groups in total. The van der Waals surface area contributed by atoms with Gasteiger partial charge in [-0.05, 0) is 31.6 Å². The van der Waals surface area contributed by atoms with Crippen molar-refractivity contribution >= 4 is 5.96 Å². The molecule has 1 aliphatic rings. The molecular formula is C13H28N4O. The van der Waals surface area contributed by atoms with E-state index in [1.807, 2.05) is 6.92 Å². The Balaban J connectivity index is 2.64. The second-order valence-corrected chi connectivity index (χ2v) is 5.91. The highest BCUT2D eigenvalue weighted by Gasteiger charge is 2.24. The van der Waals surface area contributed by atoms with E-state index in [1.165, 1.54) is 19.3 Å². The van der Waals surface area contributed by atoms with Crippen molar-refractivity contribution in [1.29, 1.82) is 0 Å². The molecule has 18 heavy (non-hydrogen) atoms. The van der Waals surface area contributed by atoms with Gasteiger partial charge in [-0.25, -0.2) is 10.8 Å². The second kappa shape index (κ2) is 6.95. The molecule has 0 radical (unpaired) electrons. The first-order valence-electron chi connectivity index (χ1n) is 6.77. The fourth-order valence-corrected chi connectivity index (χ4v) is 2.33. The smallest absolute Gasteiger partial charge is 0.208 e. The number of nitrogens with one attached hydrogen (secondary N) is 1. The van der Waals surface area contributed by atoms with Gasteiger partial charge >= 0.3 is 0 Å². The van der Waals surface area contributed by atoms with E-state index in [2.05, 4.69) is 29.2 Å². The molecule has 1 aliphatic heterocycles. The topological polar surface area (TPSA) is 62.9 Å². The van der Waals surface area contributed by atoms with Crippen LogP contribution in [0.25, 0.3) is 0 Å². The summed E-state index contributed by atoms with van der Waals surface area (Å²) < 4.78 is 5.10. The molecule has 5 nitrogen and oxygen atoms in total. The average molecular weight is 256 g/mol. The molecule has 0 aromatic rings. The molecule has 1 atom stereocenters. The van der Waals surface area contributed by atoms with Crippen LogP contribution in [0.3, 0.4) is 0 Å². The van der Waals surface area contributed by atoms with Crippen LogP contribution < -0.4 is 11.3 Å². The van der Waals surface area contributed by atoms with Gasteiger partial charge in [0, 0.05) is 20.2 Å². The van der Waals surface area contributed by atoms with Crippen LogP contribution >= 0.6 is 0 Å². The van der Waals surface area contributed by atoms with Crippen molar-refractivity contribution in [2.75, 3.05) is 26.8 Å². The molecule has 5 heteroatoms. The molecule has 1 rings (SSSR count). The van der Waals surface area contributed by atoms with Crippen LogP contribution in [0.15, 0.2) is 4.99 Å². The fraction of sp³-hybridized carbons (Fsp3) is 0.923. The monoisotopic (exact) mass is 256 g/mol. The van der Waals surface area contributed by atoms with Crippen LogP contribution in [0.2, 0.25) is 0 Å². The minimum absolute atomic E-state index is 0.123. The Morgan fingerprint density at radius 2 is 2.17 bits per heavy atom. The molecule has 1 heterocycles. The third-order valence-corrected chi connectivity index (χ3v) is 3.52. The van der Waals surface area contributed by atoms with Crippen LogP contribution in [0.5, 0.6) is 0 Å². The maximum Gasteiger partial charge on any atom is 0.208 e. The number of hydrogen-bond acceptors (Lipinski definition) is 3. The third kappa shape index (κ3) is 4.82. The maximum atomic E-state index is 5.60. The van der Waals surface area contributed by atoms with Crippen LogP contribution in [0.1, 0.15) is 40.0 Å². The van der Waals surface area contributed by atoms with E-state index >= 15 is 0 Å². The van der Waals surface area contributed by atoms with Gasteiger partial charge in [-0.2, -0.15) is 0 Å². The van der Waals surface area contributed by atoms with Crippen molar-refractivity contribution in [1.82, 2.24) is 10.3 Å². The molecule has 0 spiro atoms. The van der Waals surface area contributed by atoms with Gasteiger partial charge in [0.15, 0.2) is 0 Å². The zero-order valence-electron chi connectivity index (χ0n) is 12.2. The van der Waals surface area contributed by atoms with E-state index in [-0.39, 0.29) is 6.04 Å². The van der Waals surface area contributed by atoms with E-state index < -0.39 is 0 Å². The van der Waals surface area contributed by atoms with Crippen molar-refractivity contribution in [3.8, 4) is 0 Å². The Hall–Kier alpha value is -0.810. The number of likely N-dealkylation sites (tertiary alicyclic amines) is 1. The van der Waals surface area contributed by atoms with Crippen LogP contribution in [0.4, 0.5) is 0 Å². The van der Waals surface area contributed by atoms with Gasteiger partial charge in [-0.1, -0.05) is 13.8 Å². The van der Waals surface area contributed by atoms with Gasteiger partial charge in [0.05, 0.1) is 12.6 Å². The largest absolute Gasteiger partial charge is 0.382 e. The minimum atomic E-state index is 0.123. The standard InChI is InChI=1S/C13H28N4O/c1-11(10-18-4)15-12(16-14)17-8-5-6-13(2,3)7-9-17/h11H,5-10,14H2,1-4H3,(H,15,16). The molecule has 0 aromatic heterocycles. The summed E-state index contributed by atoms with van der Waals surface area (Å²) in [6, 6.07) is 0.123. The lowest BCUT2D eigenvalue weighted by Gasteiger charge is -2.26. The van der Waals surface area contributed by atoms with E-state index in [0.717, 1.165) is 19.0 Å². The number of rotatable bonds is 3. The van der Waals surface area contributed by atoms with E-state index in [4.69, 9.17) is 10.6 Å². The predicted molar refractivity (Wildman–Crippen MR) is 75.3 cm³/mol. The second-order valence-electron chi connectivity index (χ2n) is 5.91. The summed E-state index contributed by atoms with van der Waals surface area (Å²) in [4.78, 5) is 6.83. The molecule has 1 saturated heterocycles. The molecule has 0 aliphatic carbocycles. The van der Waals surface area contributed by atoms with Gasteiger partial charge in [-0.15, -0.1) is 0 Å². The molecule has 0 amide bonds. The number of guanidine groups is 1.